The molecule has 6 heteroatoms. The van der Waals surface area contributed by atoms with Crippen molar-refractivity contribution in [2.45, 2.75) is 0 Å². The van der Waals surface area contributed by atoms with Gasteiger partial charge in [0.25, 0.3) is 0 Å². The molecule has 0 bridgehead atoms. The maximum atomic E-state index is 8.46. The Kier molecular flexibility index (Phi) is 2.44. The van der Waals surface area contributed by atoms with Crippen molar-refractivity contribution in [1.29, 1.82) is 10.5 Å². The van der Waals surface area contributed by atoms with E-state index in [0.29, 0.717) is 0 Å². The van der Waals surface area contributed by atoms with Gasteiger partial charge in [0.15, 0.2) is 21.7 Å². The van der Waals surface area contributed by atoms with Gasteiger partial charge < -0.3 is 0 Å². The molecule has 1 aromatic rings. The molecule has 1 heterocycles. The third-order valence-electron chi connectivity index (χ3n) is 1.03. The molecule has 0 aliphatic rings. The van der Waals surface area contributed by atoms with Crippen LogP contribution in [-0.4, -0.2) is 9.97 Å². The largest absolute Gasteiger partial charge is 0.219 e. The highest BCUT2D eigenvalue weighted by atomic mass is 35.5. The van der Waals surface area contributed by atoms with Crippen LogP contribution in [-0.2, 0) is 0 Å². The number of hydrogen-bond acceptors (Lipinski definition) is 4. The van der Waals surface area contributed by atoms with Gasteiger partial charge >= 0.3 is 0 Å². The third kappa shape index (κ3) is 1.45. The fourth-order valence-corrected chi connectivity index (χ4v) is 0.804. The van der Waals surface area contributed by atoms with E-state index in [4.69, 9.17) is 33.7 Å². The number of nitrogens with zero attached hydrogens (tertiary/aromatic N) is 4. The predicted octanol–water partition coefficient (Wildman–Crippen LogP) is 1.53. The van der Waals surface area contributed by atoms with Crippen LogP contribution in [0.1, 0.15) is 11.4 Å². The molecule has 58 valence electrons. The second kappa shape index (κ2) is 3.36. The van der Waals surface area contributed by atoms with E-state index in [1.807, 2.05) is 0 Å². The molecule has 0 amide bonds. The molecular weight excluding hydrogens is 199 g/mol. The third-order valence-corrected chi connectivity index (χ3v) is 1.65. The summed E-state index contributed by atoms with van der Waals surface area (Å²) in [5, 5.41) is 16.8. The molecule has 0 fully saturated rings. The molecule has 0 unspecified atom stereocenters. The standard InChI is InChI=1S/C6Cl2N4/c7-5-6(8)12-4(2-10)3(1-9)11-5. The first-order valence-electron chi connectivity index (χ1n) is 2.72. The van der Waals surface area contributed by atoms with Gasteiger partial charge in [0.2, 0.25) is 0 Å². The van der Waals surface area contributed by atoms with Crippen molar-refractivity contribution in [1.82, 2.24) is 9.97 Å². The molecule has 1 aromatic heterocycles. The SMILES string of the molecule is N#Cc1nc(Cl)c(Cl)nc1C#N. The first-order chi connectivity index (χ1) is 5.69. The minimum absolute atomic E-state index is 0.0767. The summed E-state index contributed by atoms with van der Waals surface area (Å²) in [5.74, 6) is 0. The van der Waals surface area contributed by atoms with Crippen molar-refractivity contribution in [3.05, 3.63) is 21.7 Å². The van der Waals surface area contributed by atoms with Crippen LogP contribution in [0.4, 0.5) is 0 Å². The van der Waals surface area contributed by atoms with Crippen LogP contribution in [0, 0.1) is 22.7 Å². The second-order valence-electron chi connectivity index (χ2n) is 1.73. The Labute approximate surface area is 78.0 Å². The molecule has 1 rings (SSSR count). The molecular formula is C6Cl2N4. The minimum Gasteiger partial charge on any atom is -0.219 e. The van der Waals surface area contributed by atoms with Gasteiger partial charge in [0, 0.05) is 0 Å². The van der Waals surface area contributed by atoms with Crippen LogP contribution < -0.4 is 0 Å². The number of rotatable bonds is 0. The molecule has 0 atom stereocenters. The lowest BCUT2D eigenvalue weighted by Crippen LogP contribution is -1.94. The Morgan fingerprint density at radius 3 is 1.50 bits per heavy atom. The Morgan fingerprint density at radius 2 is 1.25 bits per heavy atom. The van der Waals surface area contributed by atoms with Crippen LogP contribution >= 0.6 is 23.2 Å². The highest BCUT2D eigenvalue weighted by Gasteiger charge is 2.09. The maximum Gasteiger partial charge on any atom is 0.178 e. The number of halogens is 2. The summed E-state index contributed by atoms with van der Waals surface area (Å²) in [7, 11) is 0. The predicted molar refractivity (Wildman–Crippen MR) is 41.5 cm³/mol. The molecule has 0 aliphatic carbocycles. The van der Waals surface area contributed by atoms with Gasteiger partial charge in [-0.15, -0.1) is 0 Å². The topological polar surface area (TPSA) is 73.4 Å². The summed E-state index contributed by atoms with van der Waals surface area (Å²) < 4.78 is 0. The van der Waals surface area contributed by atoms with Crippen LogP contribution in [0.2, 0.25) is 10.3 Å². The van der Waals surface area contributed by atoms with E-state index < -0.39 is 0 Å². The molecule has 0 N–H and O–H groups in total. The lowest BCUT2D eigenvalue weighted by atomic mass is 10.3. The molecule has 0 aromatic carbocycles. The fraction of sp³-hybridized carbons (Fsp3) is 0. The molecule has 0 saturated carbocycles. The quantitative estimate of drug-likeness (QED) is 0.634. The Bertz CT molecular complexity index is 362. The van der Waals surface area contributed by atoms with E-state index >= 15 is 0 Å². The zero-order valence-electron chi connectivity index (χ0n) is 5.54. The summed E-state index contributed by atoms with van der Waals surface area (Å²) in [4.78, 5) is 7.10. The zero-order valence-corrected chi connectivity index (χ0v) is 7.06. The Hall–Kier alpha value is -1.36. The second-order valence-corrected chi connectivity index (χ2v) is 2.44. The first-order valence-corrected chi connectivity index (χ1v) is 3.48. The fourth-order valence-electron chi connectivity index (χ4n) is 0.550. The Balaban J connectivity index is 3.44. The minimum atomic E-state index is -0.119. The van der Waals surface area contributed by atoms with Crippen LogP contribution in [0.3, 0.4) is 0 Å². The smallest absolute Gasteiger partial charge is 0.178 e. The van der Waals surface area contributed by atoms with Gasteiger partial charge in [-0.05, 0) is 0 Å². The summed E-state index contributed by atoms with van der Waals surface area (Å²) in [5.41, 5.74) is -0.237. The van der Waals surface area contributed by atoms with Crippen molar-refractivity contribution < 1.29 is 0 Å². The van der Waals surface area contributed by atoms with Crippen molar-refractivity contribution in [2.75, 3.05) is 0 Å². The molecule has 12 heavy (non-hydrogen) atoms. The normalized spacial score (nSPS) is 8.67. The van der Waals surface area contributed by atoms with Gasteiger partial charge in [-0.25, -0.2) is 9.97 Å². The highest BCUT2D eigenvalue weighted by molar-refractivity contribution is 6.40. The average molecular weight is 199 g/mol. The Morgan fingerprint density at radius 1 is 0.917 bits per heavy atom. The van der Waals surface area contributed by atoms with Gasteiger partial charge in [-0.2, -0.15) is 10.5 Å². The number of nitriles is 2. The summed E-state index contributed by atoms with van der Waals surface area (Å²) in [6, 6.07) is 3.35. The lowest BCUT2D eigenvalue weighted by Gasteiger charge is -1.95. The van der Waals surface area contributed by atoms with E-state index in [1.54, 1.807) is 12.1 Å². The van der Waals surface area contributed by atoms with Crippen molar-refractivity contribution >= 4 is 23.2 Å². The molecule has 4 nitrogen and oxygen atoms in total. The maximum absolute atomic E-state index is 8.46. The van der Waals surface area contributed by atoms with Gasteiger partial charge in [0.1, 0.15) is 12.1 Å². The molecule has 0 aliphatic heterocycles. The highest BCUT2D eigenvalue weighted by Crippen LogP contribution is 2.17. The number of hydrogen-bond donors (Lipinski definition) is 0. The summed E-state index contributed by atoms with van der Waals surface area (Å²) in [6.07, 6.45) is 0. The van der Waals surface area contributed by atoms with Crippen LogP contribution in [0.5, 0.6) is 0 Å². The van der Waals surface area contributed by atoms with Crippen LogP contribution in [0.25, 0.3) is 0 Å². The van der Waals surface area contributed by atoms with Gasteiger partial charge in [0.05, 0.1) is 0 Å². The van der Waals surface area contributed by atoms with E-state index in [0.717, 1.165) is 0 Å². The van der Waals surface area contributed by atoms with E-state index in [-0.39, 0.29) is 21.7 Å². The zero-order chi connectivity index (χ0) is 9.14. The summed E-state index contributed by atoms with van der Waals surface area (Å²) >= 11 is 10.9. The van der Waals surface area contributed by atoms with Gasteiger partial charge in [-0.3, -0.25) is 0 Å². The molecule has 0 spiro atoms. The molecule has 0 saturated heterocycles. The summed E-state index contributed by atoms with van der Waals surface area (Å²) in [6.45, 7) is 0. The van der Waals surface area contributed by atoms with E-state index in [9.17, 15) is 0 Å². The van der Waals surface area contributed by atoms with Gasteiger partial charge in [-0.1, -0.05) is 23.2 Å². The van der Waals surface area contributed by atoms with Crippen LogP contribution in [0.15, 0.2) is 0 Å². The lowest BCUT2D eigenvalue weighted by molar-refractivity contribution is 1.13. The number of aromatic nitrogens is 2. The van der Waals surface area contributed by atoms with E-state index in [2.05, 4.69) is 9.97 Å². The average Bonchev–Trinajstić information content (AvgIpc) is 2.09. The monoisotopic (exact) mass is 198 g/mol. The van der Waals surface area contributed by atoms with Crippen molar-refractivity contribution in [2.24, 2.45) is 0 Å². The van der Waals surface area contributed by atoms with Crippen molar-refractivity contribution in [3.8, 4) is 12.1 Å². The van der Waals surface area contributed by atoms with E-state index in [1.165, 1.54) is 0 Å². The van der Waals surface area contributed by atoms with Crippen molar-refractivity contribution in [3.63, 3.8) is 0 Å². The molecule has 0 radical (unpaired) electrons. The first kappa shape index (κ1) is 8.73.